The molecule has 3 saturated carbocycles. The first kappa shape index (κ1) is 9.13. The van der Waals surface area contributed by atoms with E-state index in [-0.39, 0.29) is 48.8 Å². The van der Waals surface area contributed by atoms with E-state index in [1.54, 1.807) is 0 Å². The van der Waals surface area contributed by atoms with Crippen molar-refractivity contribution in [3.8, 4) is 0 Å². The number of hydrogen-bond acceptors (Lipinski definition) is 2. The second-order valence-electron chi connectivity index (χ2n) is 3.10. The van der Waals surface area contributed by atoms with Crippen molar-refractivity contribution in [2.75, 3.05) is 0 Å². The van der Waals surface area contributed by atoms with Crippen LogP contribution in [0.15, 0.2) is 0 Å². The molecule has 3 aliphatic rings. The van der Waals surface area contributed by atoms with Gasteiger partial charge in [-0.05, 0) is 30.3 Å². The van der Waals surface area contributed by atoms with E-state index in [4.69, 9.17) is 0 Å². The van der Waals surface area contributed by atoms with E-state index in [0.717, 1.165) is 0 Å². The van der Waals surface area contributed by atoms with E-state index < -0.39 is 21.5 Å². The summed E-state index contributed by atoms with van der Waals surface area (Å²) in [4.78, 5) is 0. The van der Waals surface area contributed by atoms with Gasteiger partial charge in [-0.3, -0.25) is 4.21 Å². The summed E-state index contributed by atoms with van der Waals surface area (Å²) in [5.74, 6) is 0. The van der Waals surface area contributed by atoms with Crippen LogP contribution in [0.4, 0.5) is 4.39 Å². The molecule has 0 aromatic carbocycles. The molecule has 2 nitrogen and oxygen atoms in total. The van der Waals surface area contributed by atoms with Gasteiger partial charge in [0.2, 0.25) is 0 Å². The second-order valence-corrected chi connectivity index (χ2v) is 4.43. The van der Waals surface area contributed by atoms with Gasteiger partial charge in [-0.25, -0.2) is 4.39 Å². The van der Waals surface area contributed by atoms with Gasteiger partial charge in [-0.15, -0.1) is 0 Å². The fourth-order valence-electron chi connectivity index (χ4n) is 1.75. The molecular weight excluding hydrogens is 166 g/mol. The van der Waals surface area contributed by atoms with E-state index in [1.807, 2.05) is 0 Å². The molecular formula is C5H6FNaO2S. The summed E-state index contributed by atoms with van der Waals surface area (Å²) in [5.41, 5.74) is -1.08. The van der Waals surface area contributed by atoms with Gasteiger partial charge in [0.25, 0.3) is 0 Å². The van der Waals surface area contributed by atoms with Gasteiger partial charge in [0.15, 0.2) is 0 Å². The number of alkyl halides is 1. The molecule has 10 heavy (non-hydrogen) atoms. The van der Waals surface area contributed by atoms with E-state index in [1.165, 1.54) is 0 Å². The van der Waals surface area contributed by atoms with Crippen molar-refractivity contribution in [2.45, 2.75) is 29.7 Å². The molecule has 0 heterocycles. The summed E-state index contributed by atoms with van der Waals surface area (Å²) in [7, 11) is 0. The van der Waals surface area contributed by atoms with Crippen LogP contribution in [0.5, 0.6) is 0 Å². The van der Waals surface area contributed by atoms with Crippen molar-refractivity contribution in [3.05, 3.63) is 0 Å². The Morgan fingerprint density at radius 3 is 1.90 bits per heavy atom. The normalized spacial score (nSPS) is 51.8. The molecule has 0 N–H and O–H groups in total. The maximum absolute atomic E-state index is 12.6. The average Bonchev–Trinajstić information content (AvgIpc) is 1.54. The third-order valence-electron chi connectivity index (χ3n) is 2.27. The molecule has 2 bridgehead atoms. The molecule has 0 spiro atoms. The summed E-state index contributed by atoms with van der Waals surface area (Å²) >= 11 is -2.04. The Balaban J connectivity index is 0.000000500. The van der Waals surface area contributed by atoms with Crippen molar-refractivity contribution in [2.24, 2.45) is 0 Å². The summed E-state index contributed by atoms with van der Waals surface area (Å²) in [6.07, 6.45) is 0.738. The van der Waals surface area contributed by atoms with Crippen molar-refractivity contribution in [1.29, 1.82) is 0 Å². The minimum atomic E-state index is -2.04. The Morgan fingerprint density at radius 2 is 1.80 bits per heavy atom. The fraction of sp³-hybridized carbons (Fsp3) is 1.00. The van der Waals surface area contributed by atoms with Crippen LogP contribution in [0, 0.1) is 0 Å². The Labute approximate surface area is 83.1 Å². The van der Waals surface area contributed by atoms with Gasteiger partial charge < -0.3 is 4.55 Å². The molecule has 1 unspecified atom stereocenters. The zero-order valence-corrected chi connectivity index (χ0v) is 8.54. The fourth-order valence-corrected chi connectivity index (χ4v) is 2.88. The van der Waals surface area contributed by atoms with Gasteiger partial charge in [0.1, 0.15) is 5.67 Å². The van der Waals surface area contributed by atoms with Crippen molar-refractivity contribution in [3.63, 3.8) is 0 Å². The first-order chi connectivity index (χ1) is 4.06. The summed E-state index contributed by atoms with van der Waals surface area (Å²) in [6, 6.07) is 0. The van der Waals surface area contributed by atoms with Crippen LogP contribution in [-0.4, -0.2) is 19.2 Å². The van der Waals surface area contributed by atoms with Crippen LogP contribution < -0.4 is 29.6 Å². The summed E-state index contributed by atoms with van der Waals surface area (Å²) in [6.45, 7) is 0. The Bertz CT molecular complexity index is 176. The SMILES string of the molecule is O=S([O-])C12CC(F)(C1)C2.[Na+]. The molecule has 0 saturated heterocycles. The standard InChI is InChI=1S/C5H7FO2S.Na/c6-4-1-5(2-4,3-4)9(7)8;/h1-3H2,(H,7,8);/q;+1/p-1. The molecule has 0 aliphatic heterocycles. The number of hydrogen-bond donors (Lipinski definition) is 0. The first-order valence-electron chi connectivity index (χ1n) is 2.85. The monoisotopic (exact) mass is 172 g/mol. The molecule has 0 aromatic rings. The van der Waals surface area contributed by atoms with Gasteiger partial charge in [0, 0.05) is 4.75 Å². The third kappa shape index (κ3) is 0.932. The maximum Gasteiger partial charge on any atom is 1.00 e. The Hall–Kier alpha value is 1.04. The van der Waals surface area contributed by atoms with Crippen molar-refractivity contribution < 1.29 is 42.7 Å². The van der Waals surface area contributed by atoms with E-state index >= 15 is 0 Å². The van der Waals surface area contributed by atoms with Crippen LogP contribution in [-0.2, 0) is 11.1 Å². The molecule has 3 aliphatic carbocycles. The minimum Gasteiger partial charge on any atom is -0.772 e. The zero-order chi connectivity index (χ0) is 6.70. The molecule has 3 fully saturated rings. The van der Waals surface area contributed by atoms with E-state index in [9.17, 15) is 13.2 Å². The van der Waals surface area contributed by atoms with Crippen LogP contribution in [0.25, 0.3) is 0 Å². The average molecular weight is 172 g/mol. The first-order valence-corrected chi connectivity index (χ1v) is 3.92. The predicted molar refractivity (Wildman–Crippen MR) is 29.3 cm³/mol. The van der Waals surface area contributed by atoms with Gasteiger partial charge >= 0.3 is 29.6 Å². The van der Waals surface area contributed by atoms with Crippen LogP contribution >= 0.6 is 0 Å². The zero-order valence-electron chi connectivity index (χ0n) is 5.72. The molecule has 1 atom stereocenters. The molecule has 5 heteroatoms. The molecule has 52 valence electrons. The molecule has 0 radical (unpaired) electrons. The number of rotatable bonds is 1. The molecule has 0 amide bonds. The minimum absolute atomic E-state index is 0. The smallest absolute Gasteiger partial charge is 0.772 e. The van der Waals surface area contributed by atoms with Gasteiger partial charge in [0.05, 0.1) is 0 Å². The predicted octanol–water partition coefficient (Wildman–Crippen LogP) is -2.49. The Kier molecular flexibility index (Phi) is 2.07. The second kappa shape index (κ2) is 2.26. The summed E-state index contributed by atoms with van der Waals surface area (Å²) in [5, 5.41) is 0. The maximum atomic E-state index is 12.6. The topological polar surface area (TPSA) is 40.1 Å². The molecule has 3 rings (SSSR count). The van der Waals surface area contributed by atoms with Crippen molar-refractivity contribution in [1.82, 2.24) is 0 Å². The third-order valence-corrected chi connectivity index (χ3v) is 3.41. The van der Waals surface area contributed by atoms with Crippen LogP contribution in [0.2, 0.25) is 0 Å². The van der Waals surface area contributed by atoms with E-state index in [0.29, 0.717) is 0 Å². The van der Waals surface area contributed by atoms with Gasteiger partial charge in [-0.1, -0.05) is 0 Å². The van der Waals surface area contributed by atoms with E-state index in [2.05, 4.69) is 0 Å². The largest absolute Gasteiger partial charge is 1.00 e. The Morgan fingerprint density at radius 1 is 1.40 bits per heavy atom. The van der Waals surface area contributed by atoms with Crippen molar-refractivity contribution >= 4 is 11.1 Å². The summed E-state index contributed by atoms with van der Waals surface area (Å²) < 4.78 is 32.6. The molecule has 0 aromatic heterocycles. The van der Waals surface area contributed by atoms with Crippen LogP contribution in [0.3, 0.4) is 0 Å². The number of halogens is 1. The van der Waals surface area contributed by atoms with Gasteiger partial charge in [-0.2, -0.15) is 0 Å². The quantitative estimate of drug-likeness (QED) is 0.324. The van der Waals surface area contributed by atoms with Crippen LogP contribution in [0.1, 0.15) is 19.3 Å².